The third-order valence-electron chi connectivity index (χ3n) is 8.14. The molecule has 0 aromatic rings. The van der Waals surface area contributed by atoms with E-state index in [1.165, 1.54) is 12.8 Å². The molecule has 2 fully saturated rings. The van der Waals surface area contributed by atoms with Crippen molar-refractivity contribution in [2.45, 2.75) is 117 Å². The van der Waals surface area contributed by atoms with Crippen LogP contribution in [0.3, 0.4) is 0 Å². The molecule has 0 aliphatic heterocycles. The second kappa shape index (κ2) is 7.93. The van der Waals surface area contributed by atoms with Gasteiger partial charge in [-0.15, -0.1) is 0 Å². The monoisotopic (exact) mass is 383 g/mol. The molecule has 0 saturated heterocycles. The Labute approximate surface area is 167 Å². The van der Waals surface area contributed by atoms with E-state index >= 15 is 0 Å². The number of nitrogens with one attached hydrogen (secondary N) is 1. The van der Waals surface area contributed by atoms with Crippen LogP contribution in [-0.4, -0.2) is 45.2 Å². The maximum Gasteiger partial charge on any atom is 0.0948 e. The van der Waals surface area contributed by atoms with E-state index in [9.17, 15) is 15.3 Å². The first-order chi connectivity index (χ1) is 12.2. The predicted molar refractivity (Wildman–Crippen MR) is 112 cm³/mol. The molecule has 6 atom stereocenters. The van der Waals surface area contributed by atoms with Gasteiger partial charge in [0.25, 0.3) is 0 Å². The fraction of sp³-hybridized carbons (Fsp3) is 1.00. The standard InChI is InChI=1S/C23H45NO3/c1-16(2)24-15-19(25)23(7,27)14-10-18-21(5)12-8-11-20(3,4)17(21)9-13-22(18,6)26/h16-19,24-27H,8-15H2,1-7H3/t17-,18+,19+,21-,22+,23+/m0/s1. The van der Waals surface area contributed by atoms with Gasteiger partial charge in [-0.05, 0) is 75.0 Å². The highest BCUT2D eigenvalue weighted by Gasteiger charge is 2.57. The smallest absolute Gasteiger partial charge is 0.0948 e. The van der Waals surface area contributed by atoms with Crippen LogP contribution in [0.5, 0.6) is 0 Å². The molecule has 0 aromatic carbocycles. The summed E-state index contributed by atoms with van der Waals surface area (Å²) in [6.45, 7) is 15.3. The van der Waals surface area contributed by atoms with Crippen LogP contribution in [0.1, 0.15) is 93.4 Å². The van der Waals surface area contributed by atoms with Gasteiger partial charge in [0, 0.05) is 12.6 Å². The Bertz CT molecular complexity index is 500. The summed E-state index contributed by atoms with van der Waals surface area (Å²) in [5.41, 5.74) is -1.44. The Morgan fingerprint density at radius 1 is 1.11 bits per heavy atom. The highest BCUT2D eigenvalue weighted by atomic mass is 16.3. The number of hydrogen-bond donors (Lipinski definition) is 4. The molecule has 0 radical (unpaired) electrons. The van der Waals surface area contributed by atoms with Crippen molar-refractivity contribution < 1.29 is 15.3 Å². The average Bonchev–Trinajstić information content (AvgIpc) is 2.50. The van der Waals surface area contributed by atoms with Crippen molar-refractivity contribution in [3.63, 3.8) is 0 Å². The molecule has 4 nitrogen and oxygen atoms in total. The minimum absolute atomic E-state index is 0.0979. The zero-order valence-corrected chi connectivity index (χ0v) is 18.8. The third kappa shape index (κ3) is 4.88. The fourth-order valence-corrected chi connectivity index (χ4v) is 6.44. The van der Waals surface area contributed by atoms with E-state index in [-0.39, 0.29) is 17.4 Å². The summed E-state index contributed by atoms with van der Waals surface area (Å²) in [6, 6.07) is 0.277. The van der Waals surface area contributed by atoms with Gasteiger partial charge in [-0.1, -0.05) is 41.0 Å². The van der Waals surface area contributed by atoms with Crippen molar-refractivity contribution in [1.29, 1.82) is 0 Å². The molecule has 0 aromatic heterocycles. The summed E-state index contributed by atoms with van der Waals surface area (Å²) in [7, 11) is 0. The first kappa shape index (κ1) is 23.1. The lowest BCUT2D eigenvalue weighted by Crippen LogP contribution is -2.58. The molecule has 2 aliphatic rings. The summed E-state index contributed by atoms with van der Waals surface area (Å²) in [6.07, 6.45) is 6.01. The molecule has 0 spiro atoms. The van der Waals surface area contributed by atoms with E-state index in [2.05, 4.69) is 26.1 Å². The van der Waals surface area contributed by atoms with Gasteiger partial charge in [-0.2, -0.15) is 0 Å². The van der Waals surface area contributed by atoms with Gasteiger partial charge in [0.1, 0.15) is 0 Å². The zero-order chi connectivity index (χ0) is 20.7. The maximum absolute atomic E-state index is 11.3. The van der Waals surface area contributed by atoms with Gasteiger partial charge in [0.05, 0.1) is 17.3 Å². The van der Waals surface area contributed by atoms with E-state index in [0.29, 0.717) is 24.3 Å². The Hall–Kier alpha value is -0.160. The molecule has 4 heteroatoms. The van der Waals surface area contributed by atoms with Crippen LogP contribution in [-0.2, 0) is 0 Å². The van der Waals surface area contributed by atoms with Gasteiger partial charge < -0.3 is 20.6 Å². The summed E-state index contributed by atoms with van der Waals surface area (Å²) in [5, 5.41) is 35.9. The zero-order valence-electron chi connectivity index (χ0n) is 18.8. The van der Waals surface area contributed by atoms with Gasteiger partial charge in [0.15, 0.2) is 0 Å². The largest absolute Gasteiger partial charge is 0.390 e. The first-order valence-corrected chi connectivity index (χ1v) is 11.1. The van der Waals surface area contributed by atoms with Crippen molar-refractivity contribution in [2.24, 2.45) is 22.7 Å². The first-order valence-electron chi connectivity index (χ1n) is 11.1. The SMILES string of the molecule is CC(C)NC[C@@H](O)[C@](C)(O)CC[C@@H]1[C@@]2(C)CCCC(C)(C)[C@@H]2CC[C@@]1(C)O. The maximum atomic E-state index is 11.3. The molecule has 27 heavy (non-hydrogen) atoms. The summed E-state index contributed by atoms with van der Waals surface area (Å²) in [4.78, 5) is 0. The minimum atomic E-state index is -1.15. The summed E-state index contributed by atoms with van der Waals surface area (Å²) >= 11 is 0. The van der Waals surface area contributed by atoms with Crippen LogP contribution >= 0.6 is 0 Å². The van der Waals surface area contributed by atoms with Crippen LogP contribution in [0.15, 0.2) is 0 Å². The molecule has 0 amide bonds. The molecule has 160 valence electrons. The molecular weight excluding hydrogens is 338 g/mol. The van der Waals surface area contributed by atoms with Crippen LogP contribution in [0.2, 0.25) is 0 Å². The molecule has 4 N–H and O–H groups in total. The normalized spacial score (nSPS) is 39.7. The van der Waals surface area contributed by atoms with Crippen molar-refractivity contribution in [2.75, 3.05) is 6.54 Å². The molecule has 0 unspecified atom stereocenters. The van der Waals surface area contributed by atoms with Crippen LogP contribution in [0, 0.1) is 22.7 Å². The van der Waals surface area contributed by atoms with Gasteiger partial charge in [0.2, 0.25) is 0 Å². The number of rotatable bonds is 7. The molecule has 2 aliphatic carbocycles. The Morgan fingerprint density at radius 3 is 2.33 bits per heavy atom. The van der Waals surface area contributed by atoms with Crippen molar-refractivity contribution in [3.05, 3.63) is 0 Å². The van der Waals surface area contributed by atoms with E-state index in [1.807, 2.05) is 20.8 Å². The minimum Gasteiger partial charge on any atom is -0.390 e. The highest BCUT2D eigenvalue weighted by molar-refractivity contribution is 5.07. The highest BCUT2D eigenvalue weighted by Crippen LogP contribution is 2.63. The van der Waals surface area contributed by atoms with E-state index in [1.54, 1.807) is 6.92 Å². The van der Waals surface area contributed by atoms with Crippen LogP contribution in [0.4, 0.5) is 0 Å². The predicted octanol–water partition coefficient (Wildman–Crippen LogP) is 3.87. The van der Waals surface area contributed by atoms with Crippen LogP contribution in [0.25, 0.3) is 0 Å². The average molecular weight is 384 g/mol. The summed E-state index contributed by atoms with van der Waals surface area (Å²) < 4.78 is 0. The Balaban J connectivity index is 2.14. The van der Waals surface area contributed by atoms with E-state index in [4.69, 9.17) is 0 Å². The lowest BCUT2D eigenvalue weighted by molar-refractivity contribution is -0.175. The van der Waals surface area contributed by atoms with Crippen molar-refractivity contribution in [1.82, 2.24) is 5.32 Å². The second-order valence-corrected chi connectivity index (χ2v) is 11.3. The van der Waals surface area contributed by atoms with Gasteiger partial charge in [-0.3, -0.25) is 0 Å². The van der Waals surface area contributed by atoms with Crippen molar-refractivity contribution in [3.8, 4) is 0 Å². The number of aliphatic hydroxyl groups is 3. The molecule has 2 saturated carbocycles. The number of aliphatic hydroxyl groups excluding tert-OH is 1. The summed E-state index contributed by atoms with van der Waals surface area (Å²) in [5.74, 6) is 0.765. The van der Waals surface area contributed by atoms with Gasteiger partial charge >= 0.3 is 0 Å². The molecular formula is C23H45NO3. The number of hydrogen-bond acceptors (Lipinski definition) is 4. The molecule has 2 rings (SSSR count). The lowest BCUT2D eigenvalue weighted by Gasteiger charge is -2.61. The second-order valence-electron chi connectivity index (χ2n) is 11.3. The third-order valence-corrected chi connectivity index (χ3v) is 8.14. The van der Waals surface area contributed by atoms with Gasteiger partial charge in [-0.25, -0.2) is 0 Å². The van der Waals surface area contributed by atoms with Crippen molar-refractivity contribution >= 4 is 0 Å². The van der Waals surface area contributed by atoms with E-state index in [0.717, 1.165) is 25.7 Å². The Kier molecular flexibility index (Phi) is 6.79. The Morgan fingerprint density at radius 2 is 1.74 bits per heavy atom. The topological polar surface area (TPSA) is 72.7 Å². The van der Waals surface area contributed by atoms with E-state index < -0.39 is 17.3 Å². The lowest BCUT2D eigenvalue weighted by atomic mass is 9.45. The van der Waals surface area contributed by atoms with Crippen LogP contribution < -0.4 is 5.32 Å². The quantitative estimate of drug-likeness (QED) is 0.538. The number of fused-ring (bicyclic) bond motifs is 1. The molecule has 0 bridgehead atoms. The fourth-order valence-electron chi connectivity index (χ4n) is 6.44. The molecule has 0 heterocycles.